The molecule has 328 valence electrons. The fourth-order valence-corrected chi connectivity index (χ4v) is 6.78. The number of aromatic hydroxyl groups is 1. The SMILES string of the molecule is CC[C@H](C)[C@H](NC(=O)[C@H](Cc1ccc(O)cc1)NC(=O)[C@@H]([NH3+])CC(C)C)C(=O)N[C@@H](CCC(N)=O)C(=O)N[C@@H](Cc1c[nH]c2ccccc12)C(=O)N[C@@H](CC(C)C)C(=O)O. The van der Waals surface area contributed by atoms with Gasteiger partial charge in [0.05, 0.1) is 0 Å². The van der Waals surface area contributed by atoms with Crippen molar-refractivity contribution in [3.8, 4) is 5.75 Å². The van der Waals surface area contributed by atoms with Gasteiger partial charge < -0.3 is 53.2 Å². The average Bonchev–Trinajstić information content (AvgIpc) is 3.59. The lowest BCUT2D eigenvalue weighted by Crippen LogP contribution is -2.69. The molecule has 0 aliphatic heterocycles. The van der Waals surface area contributed by atoms with Crippen molar-refractivity contribution >= 4 is 52.3 Å². The Hall–Kier alpha value is -5.97. The zero-order chi connectivity index (χ0) is 44.7. The van der Waals surface area contributed by atoms with E-state index in [4.69, 9.17) is 5.73 Å². The van der Waals surface area contributed by atoms with E-state index in [0.29, 0.717) is 24.0 Å². The second-order valence-corrected chi connectivity index (χ2v) is 16.3. The van der Waals surface area contributed by atoms with Gasteiger partial charge in [-0.15, -0.1) is 0 Å². The Morgan fingerprint density at radius 3 is 1.85 bits per heavy atom. The average molecular weight is 836 g/mol. The summed E-state index contributed by atoms with van der Waals surface area (Å²) < 4.78 is 0. The van der Waals surface area contributed by atoms with Crippen molar-refractivity contribution in [1.29, 1.82) is 0 Å². The highest BCUT2D eigenvalue weighted by molar-refractivity contribution is 5.97. The van der Waals surface area contributed by atoms with Crippen molar-refractivity contribution < 1.29 is 49.5 Å². The summed E-state index contributed by atoms with van der Waals surface area (Å²) in [6.45, 7) is 11.0. The maximum absolute atomic E-state index is 14.2. The predicted octanol–water partition coefficient (Wildman–Crippen LogP) is 1.18. The molecule has 0 saturated heterocycles. The molecule has 1 aromatic heterocycles. The molecule has 13 N–H and O–H groups in total. The lowest BCUT2D eigenvalue weighted by Gasteiger charge is -2.29. The van der Waals surface area contributed by atoms with Gasteiger partial charge in [0.1, 0.15) is 36.0 Å². The van der Waals surface area contributed by atoms with Crippen LogP contribution in [-0.2, 0) is 46.4 Å². The Balaban J connectivity index is 1.93. The first-order valence-corrected chi connectivity index (χ1v) is 20.5. The maximum Gasteiger partial charge on any atom is 0.326 e. The van der Waals surface area contributed by atoms with Gasteiger partial charge in [-0.2, -0.15) is 0 Å². The molecule has 1 heterocycles. The zero-order valence-electron chi connectivity index (χ0n) is 35.4. The van der Waals surface area contributed by atoms with Crippen molar-refractivity contribution in [2.75, 3.05) is 0 Å². The number of benzene rings is 2. The standard InChI is InChI=1S/C43H62N8O9/c1-7-25(6)37(51-41(57)33(20-26-12-14-28(52)15-13-26)48-38(54)30(44)18-23(2)3)42(58)47-32(16-17-36(45)53)39(55)49-34(40(56)50-35(43(59)60)19-24(4)5)21-27-22-46-31-11-9-8-10-29(27)31/h8-15,22-25,30,32-35,37,46,52H,7,16-21,44H2,1-6H3,(H2,45,53)(H,47,58)(H,48,54)(H,49,55)(H,50,56)(H,51,57)(H,59,60)/p+1/t25-,30-,32-,33-,34-,35-,37-/m0/s1. The Morgan fingerprint density at radius 1 is 0.700 bits per heavy atom. The number of aliphatic carboxylic acids is 1. The highest BCUT2D eigenvalue weighted by Gasteiger charge is 2.35. The molecule has 0 fully saturated rings. The number of aromatic amines is 1. The van der Waals surface area contributed by atoms with Gasteiger partial charge in [0.25, 0.3) is 5.91 Å². The predicted molar refractivity (Wildman–Crippen MR) is 225 cm³/mol. The summed E-state index contributed by atoms with van der Waals surface area (Å²) in [5.41, 5.74) is 11.5. The number of para-hydroxylation sites is 1. The van der Waals surface area contributed by atoms with Crippen LogP contribution in [0.25, 0.3) is 10.9 Å². The van der Waals surface area contributed by atoms with Gasteiger partial charge in [-0.3, -0.25) is 28.8 Å². The Morgan fingerprint density at radius 2 is 1.25 bits per heavy atom. The summed E-state index contributed by atoms with van der Waals surface area (Å²) in [4.78, 5) is 96.6. The van der Waals surface area contributed by atoms with E-state index < -0.39 is 83.6 Å². The fraction of sp³-hybridized carbons (Fsp3) is 0.512. The van der Waals surface area contributed by atoms with Crippen molar-refractivity contribution in [2.45, 2.75) is 123 Å². The summed E-state index contributed by atoms with van der Waals surface area (Å²) in [7, 11) is 0. The van der Waals surface area contributed by atoms with Gasteiger partial charge in [-0.1, -0.05) is 78.3 Å². The molecule has 3 aromatic rings. The third-order valence-corrected chi connectivity index (χ3v) is 10.3. The first kappa shape index (κ1) is 48.4. The molecule has 0 saturated carbocycles. The third-order valence-electron chi connectivity index (χ3n) is 10.3. The molecule has 17 heteroatoms. The van der Waals surface area contributed by atoms with Crippen LogP contribution in [0.15, 0.2) is 54.7 Å². The van der Waals surface area contributed by atoms with Crippen LogP contribution >= 0.6 is 0 Å². The molecule has 0 spiro atoms. The van der Waals surface area contributed by atoms with Gasteiger partial charge in [0, 0.05) is 42.8 Å². The minimum absolute atomic E-state index is 0.0162. The topological polar surface area (TPSA) is 290 Å². The number of hydrogen-bond acceptors (Lipinski definition) is 8. The monoisotopic (exact) mass is 835 g/mol. The van der Waals surface area contributed by atoms with Crippen LogP contribution in [0.5, 0.6) is 5.75 Å². The zero-order valence-corrected chi connectivity index (χ0v) is 35.4. The molecule has 0 radical (unpaired) electrons. The number of carboxylic acids is 1. The van der Waals surface area contributed by atoms with Gasteiger partial charge >= 0.3 is 5.97 Å². The van der Waals surface area contributed by atoms with E-state index in [9.17, 15) is 43.8 Å². The molecule has 7 atom stereocenters. The van der Waals surface area contributed by atoms with Crippen LogP contribution in [0.2, 0.25) is 0 Å². The number of phenolic OH excluding ortho intramolecular Hbond substituents is 1. The summed E-state index contributed by atoms with van der Waals surface area (Å²) in [6.07, 6.45) is 2.06. The minimum Gasteiger partial charge on any atom is -0.508 e. The molecule has 0 bridgehead atoms. The van der Waals surface area contributed by atoms with E-state index in [0.717, 1.165) is 10.9 Å². The number of nitrogens with one attached hydrogen (secondary N) is 6. The molecule has 60 heavy (non-hydrogen) atoms. The summed E-state index contributed by atoms with van der Waals surface area (Å²) in [5, 5.41) is 33.9. The number of amides is 6. The number of carbonyl (C=O) groups is 7. The number of carboxylic acid groups (broad SMARTS) is 1. The minimum atomic E-state index is -1.42. The first-order valence-electron chi connectivity index (χ1n) is 20.5. The molecule has 0 aliphatic rings. The smallest absolute Gasteiger partial charge is 0.326 e. The van der Waals surface area contributed by atoms with Crippen molar-refractivity contribution in [3.63, 3.8) is 0 Å². The number of primary amides is 1. The van der Waals surface area contributed by atoms with E-state index in [2.05, 4.69) is 37.3 Å². The van der Waals surface area contributed by atoms with E-state index in [1.807, 2.05) is 52.0 Å². The number of quaternary nitrogens is 1. The van der Waals surface area contributed by atoms with Gasteiger partial charge in [-0.25, -0.2) is 4.79 Å². The lowest BCUT2D eigenvalue weighted by molar-refractivity contribution is -0.406. The number of hydrogen-bond donors (Lipinski definition) is 10. The van der Waals surface area contributed by atoms with Crippen LogP contribution in [0, 0.1) is 17.8 Å². The molecular weight excluding hydrogens is 773 g/mol. The number of H-pyrrole nitrogens is 1. The Kier molecular flexibility index (Phi) is 18.5. The normalized spacial score (nSPS) is 14.9. The van der Waals surface area contributed by atoms with Gasteiger partial charge in [0.15, 0.2) is 6.04 Å². The lowest BCUT2D eigenvalue weighted by atomic mass is 9.96. The van der Waals surface area contributed by atoms with E-state index in [-0.39, 0.29) is 49.7 Å². The third kappa shape index (κ3) is 15.0. The molecule has 0 aliphatic carbocycles. The second kappa shape index (κ2) is 23.0. The fourth-order valence-electron chi connectivity index (χ4n) is 6.78. The number of nitrogens with two attached hydrogens (primary N) is 1. The van der Waals surface area contributed by atoms with E-state index in [1.54, 1.807) is 32.2 Å². The Bertz CT molecular complexity index is 1950. The van der Waals surface area contributed by atoms with Gasteiger partial charge in [0.2, 0.25) is 29.5 Å². The van der Waals surface area contributed by atoms with Crippen molar-refractivity contribution in [2.24, 2.45) is 23.5 Å². The molecule has 3 rings (SSSR count). The van der Waals surface area contributed by atoms with Crippen LogP contribution in [-0.4, -0.2) is 92.9 Å². The molecular formula is C43H63N8O9+. The van der Waals surface area contributed by atoms with Crippen LogP contribution in [0.4, 0.5) is 0 Å². The number of carbonyl (C=O) groups excluding carboxylic acids is 6. The summed E-state index contributed by atoms with van der Waals surface area (Å²) in [6, 6.07) is 6.40. The molecule has 0 unspecified atom stereocenters. The quantitative estimate of drug-likeness (QED) is 0.0619. The first-order chi connectivity index (χ1) is 28.3. The van der Waals surface area contributed by atoms with Gasteiger partial charge in [-0.05, 0) is 59.9 Å². The van der Waals surface area contributed by atoms with E-state index in [1.165, 1.54) is 12.1 Å². The molecule has 17 nitrogen and oxygen atoms in total. The highest BCUT2D eigenvalue weighted by Crippen LogP contribution is 2.20. The Labute approximate surface area is 350 Å². The number of fused-ring (bicyclic) bond motifs is 1. The summed E-state index contributed by atoms with van der Waals surface area (Å²) >= 11 is 0. The second-order valence-electron chi connectivity index (χ2n) is 16.3. The number of rotatable bonds is 24. The van der Waals surface area contributed by atoms with Crippen LogP contribution in [0.1, 0.15) is 84.8 Å². The molecule has 2 aromatic carbocycles. The van der Waals surface area contributed by atoms with Crippen LogP contribution in [0.3, 0.4) is 0 Å². The van der Waals surface area contributed by atoms with Crippen molar-refractivity contribution in [3.05, 3.63) is 65.9 Å². The molecule has 6 amide bonds. The van der Waals surface area contributed by atoms with Crippen LogP contribution < -0.4 is 38.1 Å². The highest BCUT2D eigenvalue weighted by atomic mass is 16.4. The maximum atomic E-state index is 14.2. The summed E-state index contributed by atoms with van der Waals surface area (Å²) in [5.74, 6) is -5.93. The van der Waals surface area contributed by atoms with Crippen molar-refractivity contribution in [1.82, 2.24) is 31.6 Å². The largest absolute Gasteiger partial charge is 0.508 e. The number of phenols is 1. The van der Waals surface area contributed by atoms with E-state index >= 15 is 0 Å². The number of aromatic nitrogens is 1.